The fraction of sp³-hybridized carbons (Fsp3) is 0.300. The highest BCUT2D eigenvalue weighted by atomic mass is 79.9. The van der Waals surface area contributed by atoms with E-state index in [0.717, 1.165) is 21.3 Å². The minimum atomic E-state index is -0.414. The molecule has 1 atom stereocenters. The smallest absolute Gasteiger partial charge is 0.306 e. The van der Waals surface area contributed by atoms with Crippen molar-refractivity contribution >= 4 is 27.8 Å². The molecular weight excluding hydrogens is 398 g/mol. The molecule has 0 fully saturated rings. The molecule has 0 aliphatic heterocycles. The van der Waals surface area contributed by atoms with Crippen molar-refractivity contribution in [2.75, 3.05) is 13.7 Å². The number of benzene rings is 2. The third-order valence-corrected chi connectivity index (χ3v) is 4.43. The van der Waals surface area contributed by atoms with Crippen LogP contribution in [-0.4, -0.2) is 25.6 Å². The van der Waals surface area contributed by atoms with E-state index in [2.05, 4.69) is 21.2 Å². The molecule has 0 aliphatic rings. The number of esters is 1. The Hall–Kier alpha value is -2.34. The molecule has 0 heterocycles. The van der Waals surface area contributed by atoms with E-state index in [1.165, 1.54) is 0 Å². The number of halogens is 1. The second-order valence-corrected chi connectivity index (χ2v) is 6.73. The summed E-state index contributed by atoms with van der Waals surface area (Å²) in [7, 11) is 1.59. The lowest BCUT2D eigenvalue weighted by Crippen LogP contribution is -2.31. The Balaban J connectivity index is 1.74. The number of nitrogens with one attached hydrogen (secondary N) is 1. The molecule has 0 bridgehead atoms. The van der Waals surface area contributed by atoms with Crippen molar-refractivity contribution in [3.63, 3.8) is 0 Å². The number of methoxy groups -OCH3 is 1. The SMILES string of the molecule is COc1ccccc1CCC(=O)OCC(=O)N[C@@H](C)c1ccc(Br)cc1. The Morgan fingerprint density at radius 3 is 2.50 bits per heavy atom. The second-order valence-electron chi connectivity index (χ2n) is 5.81. The monoisotopic (exact) mass is 419 g/mol. The molecule has 6 heteroatoms. The number of ether oxygens (including phenoxy) is 2. The minimum absolute atomic E-state index is 0.164. The van der Waals surface area contributed by atoms with Gasteiger partial charge in [0, 0.05) is 10.9 Å². The highest BCUT2D eigenvalue weighted by Crippen LogP contribution is 2.19. The summed E-state index contributed by atoms with van der Waals surface area (Å²) in [5.41, 5.74) is 1.91. The Bertz CT molecular complexity index is 746. The van der Waals surface area contributed by atoms with Crippen LogP contribution in [0, 0.1) is 0 Å². The summed E-state index contributed by atoms with van der Waals surface area (Å²) in [5, 5.41) is 2.81. The van der Waals surface area contributed by atoms with E-state index in [-0.39, 0.29) is 25.0 Å². The third-order valence-electron chi connectivity index (χ3n) is 3.90. The summed E-state index contributed by atoms with van der Waals surface area (Å²) < 4.78 is 11.3. The van der Waals surface area contributed by atoms with E-state index in [9.17, 15) is 9.59 Å². The zero-order valence-corrected chi connectivity index (χ0v) is 16.4. The average molecular weight is 420 g/mol. The van der Waals surface area contributed by atoms with Crippen LogP contribution in [0.15, 0.2) is 53.0 Å². The van der Waals surface area contributed by atoms with Crippen LogP contribution < -0.4 is 10.1 Å². The van der Waals surface area contributed by atoms with E-state index in [1.54, 1.807) is 7.11 Å². The lowest BCUT2D eigenvalue weighted by molar-refractivity contribution is -0.148. The Kier molecular flexibility index (Phi) is 7.66. The van der Waals surface area contributed by atoms with Crippen molar-refractivity contribution in [2.24, 2.45) is 0 Å². The molecule has 0 spiro atoms. The van der Waals surface area contributed by atoms with E-state index >= 15 is 0 Å². The van der Waals surface area contributed by atoms with Crippen molar-refractivity contribution < 1.29 is 19.1 Å². The Morgan fingerprint density at radius 1 is 1.12 bits per heavy atom. The van der Waals surface area contributed by atoms with Gasteiger partial charge in [0.05, 0.1) is 13.2 Å². The van der Waals surface area contributed by atoms with Crippen molar-refractivity contribution in [2.45, 2.75) is 25.8 Å². The topological polar surface area (TPSA) is 64.6 Å². The van der Waals surface area contributed by atoms with Crippen LogP contribution in [0.1, 0.15) is 30.5 Å². The molecule has 2 aromatic rings. The molecule has 0 radical (unpaired) electrons. The van der Waals surface area contributed by atoms with Crippen LogP contribution >= 0.6 is 15.9 Å². The molecule has 26 heavy (non-hydrogen) atoms. The highest BCUT2D eigenvalue weighted by Gasteiger charge is 2.12. The van der Waals surface area contributed by atoms with Gasteiger partial charge in [-0.25, -0.2) is 0 Å². The molecule has 2 aromatic carbocycles. The fourth-order valence-corrected chi connectivity index (χ4v) is 2.75. The number of carbonyl (C=O) groups excluding carboxylic acids is 2. The van der Waals surface area contributed by atoms with Crippen LogP contribution in [0.2, 0.25) is 0 Å². The maximum Gasteiger partial charge on any atom is 0.306 e. The number of para-hydroxylation sites is 1. The quantitative estimate of drug-likeness (QED) is 0.660. The number of carbonyl (C=O) groups is 2. The summed E-state index contributed by atoms with van der Waals surface area (Å²) in [4.78, 5) is 23.8. The van der Waals surface area contributed by atoms with E-state index in [4.69, 9.17) is 9.47 Å². The summed E-state index contributed by atoms with van der Waals surface area (Å²) in [6.07, 6.45) is 0.690. The first-order valence-electron chi connectivity index (χ1n) is 8.32. The molecule has 1 N–H and O–H groups in total. The van der Waals surface area contributed by atoms with Crippen LogP contribution in [0.3, 0.4) is 0 Å². The second kappa shape index (κ2) is 9.97. The van der Waals surface area contributed by atoms with Crippen LogP contribution in [-0.2, 0) is 20.7 Å². The summed E-state index contributed by atoms with van der Waals surface area (Å²) >= 11 is 3.37. The zero-order valence-electron chi connectivity index (χ0n) is 14.8. The number of hydrogen-bond donors (Lipinski definition) is 1. The number of aryl methyl sites for hydroxylation is 1. The van der Waals surface area contributed by atoms with E-state index < -0.39 is 5.97 Å². The summed E-state index contributed by atoms with van der Waals surface area (Å²) in [5.74, 6) is -0.00484. The predicted molar refractivity (Wildman–Crippen MR) is 103 cm³/mol. The molecular formula is C20H22BrNO4. The number of hydrogen-bond acceptors (Lipinski definition) is 4. The molecule has 0 aliphatic carbocycles. The van der Waals surface area contributed by atoms with Gasteiger partial charge in [0.15, 0.2) is 6.61 Å². The van der Waals surface area contributed by atoms with Crippen molar-refractivity contribution in [3.8, 4) is 5.75 Å². The molecule has 0 saturated heterocycles. The van der Waals surface area contributed by atoms with Crippen LogP contribution in [0.4, 0.5) is 0 Å². The van der Waals surface area contributed by atoms with E-state index in [1.807, 2.05) is 55.5 Å². The van der Waals surface area contributed by atoms with E-state index in [0.29, 0.717) is 6.42 Å². The van der Waals surface area contributed by atoms with Gasteiger partial charge in [-0.05, 0) is 42.7 Å². The maximum absolute atomic E-state index is 12.0. The van der Waals surface area contributed by atoms with Crippen LogP contribution in [0.5, 0.6) is 5.75 Å². The Morgan fingerprint density at radius 2 is 1.81 bits per heavy atom. The van der Waals surface area contributed by atoms with Crippen molar-refractivity contribution in [3.05, 3.63) is 64.1 Å². The molecule has 5 nitrogen and oxygen atoms in total. The van der Waals surface area contributed by atoms with Gasteiger partial charge in [-0.3, -0.25) is 9.59 Å². The van der Waals surface area contributed by atoms with Gasteiger partial charge < -0.3 is 14.8 Å². The van der Waals surface area contributed by atoms with Gasteiger partial charge in [-0.1, -0.05) is 46.3 Å². The first kappa shape index (κ1) is 20.0. The lowest BCUT2D eigenvalue weighted by atomic mass is 10.1. The Labute approximate surface area is 161 Å². The predicted octanol–water partition coefficient (Wildman–Crippen LogP) is 3.81. The molecule has 1 amide bonds. The van der Waals surface area contributed by atoms with Gasteiger partial charge in [0.25, 0.3) is 5.91 Å². The van der Waals surface area contributed by atoms with Gasteiger partial charge in [0.2, 0.25) is 0 Å². The summed E-state index contributed by atoms with van der Waals surface area (Å²) in [6.45, 7) is 1.59. The van der Waals surface area contributed by atoms with Crippen molar-refractivity contribution in [1.82, 2.24) is 5.32 Å². The van der Waals surface area contributed by atoms with Gasteiger partial charge in [-0.2, -0.15) is 0 Å². The maximum atomic E-state index is 12.0. The first-order chi connectivity index (χ1) is 12.5. The fourth-order valence-electron chi connectivity index (χ4n) is 2.48. The first-order valence-corrected chi connectivity index (χ1v) is 9.11. The third kappa shape index (κ3) is 6.19. The zero-order chi connectivity index (χ0) is 18.9. The molecule has 2 rings (SSSR count). The van der Waals surface area contributed by atoms with Gasteiger partial charge >= 0.3 is 5.97 Å². The normalized spacial score (nSPS) is 11.5. The molecule has 0 unspecified atom stereocenters. The number of amides is 1. The van der Waals surface area contributed by atoms with Gasteiger partial charge in [0.1, 0.15) is 5.75 Å². The highest BCUT2D eigenvalue weighted by molar-refractivity contribution is 9.10. The number of rotatable bonds is 8. The van der Waals surface area contributed by atoms with Crippen LogP contribution in [0.25, 0.3) is 0 Å². The van der Waals surface area contributed by atoms with Crippen molar-refractivity contribution in [1.29, 1.82) is 0 Å². The molecule has 138 valence electrons. The van der Waals surface area contributed by atoms with Gasteiger partial charge in [-0.15, -0.1) is 0 Å². The standard InChI is InChI=1S/C20H22BrNO4/c1-14(15-7-10-17(21)11-8-15)22-19(23)13-26-20(24)12-9-16-5-3-4-6-18(16)25-2/h3-8,10-11,14H,9,12-13H2,1-2H3,(H,22,23)/t14-/m0/s1. The minimum Gasteiger partial charge on any atom is -0.496 e. The average Bonchev–Trinajstić information content (AvgIpc) is 2.65. The largest absolute Gasteiger partial charge is 0.496 e. The molecule has 0 aromatic heterocycles. The summed E-state index contributed by atoms with van der Waals surface area (Å²) in [6, 6.07) is 15.0. The molecule has 0 saturated carbocycles. The lowest BCUT2D eigenvalue weighted by Gasteiger charge is -2.14.